The van der Waals surface area contributed by atoms with Gasteiger partial charge in [-0.1, -0.05) is 103 Å². The average Bonchev–Trinajstić information content (AvgIpc) is 3.64. The molecule has 42 heavy (non-hydrogen) atoms. The lowest BCUT2D eigenvalue weighted by molar-refractivity contribution is 1.18. The number of hydrogen-bond donors (Lipinski definition) is 0. The van der Waals surface area contributed by atoms with E-state index in [4.69, 9.17) is 4.98 Å². The molecule has 0 radical (unpaired) electrons. The van der Waals surface area contributed by atoms with Crippen molar-refractivity contribution < 1.29 is 0 Å². The maximum Gasteiger partial charge on any atom is 0.124 e. The van der Waals surface area contributed by atoms with Crippen molar-refractivity contribution in [2.24, 2.45) is 0 Å². The van der Waals surface area contributed by atoms with Gasteiger partial charge in [0.25, 0.3) is 0 Å². The molecule has 0 aliphatic carbocycles. The molecule has 0 N–H and O–H groups in total. The van der Waals surface area contributed by atoms with Gasteiger partial charge >= 0.3 is 0 Å². The molecule has 7 aromatic carbocycles. The van der Waals surface area contributed by atoms with Gasteiger partial charge in [-0.15, -0.1) is 11.3 Å². The number of para-hydroxylation sites is 2. The Hall–Kier alpha value is -5.25. The van der Waals surface area contributed by atoms with Gasteiger partial charge in [-0.2, -0.15) is 0 Å². The van der Waals surface area contributed by atoms with E-state index in [2.05, 4.69) is 150 Å². The third-order valence-electron chi connectivity index (χ3n) is 8.40. The topological polar surface area (TPSA) is 17.8 Å². The second-order valence-electron chi connectivity index (χ2n) is 10.8. The fraction of sp³-hybridized carbons (Fsp3) is 0. The highest BCUT2D eigenvalue weighted by molar-refractivity contribution is 7.21. The van der Waals surface area contributed by atoms with Crippen LogP contribution in [0.2, 0.25) is 0 Å². The molecule has 0 atom stereocenters. The van der Waals surface area contributed by atoms with Crippen molar-refractivity contribution in [2.45, 2.75) is 0 Å². The zero-order valence-electron chi connectivity index (χ0n) is 22.7. The smallest absolute Gasteiger partial charge is 0.124 e. The Kier molecular flexibility index (Phi) is 5.10. The van der Waals surface area contributed by atoms with Crippen LogP contribution in [0.1, 0.15) is 0 Å². The summed E-state index contributed by atoms with van der Waals surface area (Å²) in [6.07, 6.45) is 0. The van der Waals surface area contributed by atoms with Crippen LogP contribution in [0, 0.1) is 0 Å². The van der Waals surface area contributed by atoms with Crippen molar-refractivity contribution in [1.82, 2.24) is 9.55 Å². The van der Waals surface area contributed by atoms with Gasteiger partial charge in [-0.3, -0.25) is 0 Å². The van der Waals surface area contributed by atoms with E-state index in [1.54, 1.807) is 11.3 Å². The van der Waals surface area contributed by atoms with Crippen LogP contribution in [0.15, 0.2) is 146 Å². The van der Waals surface area contributed by atoms with E-state index in [0.29, 0.717) is 0 Å². The quantitative estimate of drug-likeness (QED) is 0.199. The molecule has 2 aromatic heterocycles. The lowest BCUT2D eigenvalue weighted by Gasteiger charge is -2.09. The molecular formula is C39H24N2S. The summed E-state index contributed by atoms with van der Waals surface area (Å²) < 4.78 is 3.59. The molecule has 2 heterocycles. The Morgan fingerprint density at radius 1 is 0.476 bits per heavy atom. The molecule has 196 valence electrons. The fourth-order valence-corrected chi connectivity index (χ4v) is 7.41. The van der Waals surface area contributed by atoms with Crippen molar-refractivity contribution in [2.75, 3.05) is 0 Å². The number of thiazole rings is 1. The summed E-state index contributed by atoms with van der Waals surface area (Å²) in [6.45, 7) is 0. The van der Waals surface area contributed by atoms with Crippen LogP contribution in [0.3, 0.4) is 0 Å². The largest absolute Gasteiger partial charge is 0.309 e. The zero-order valence-corrected chi connectivity index (χ0v) is 23.5. The summed E-state index contributed by atoms with van der Waals surface area (Å²) in [5.74, 6) is 0. The summed E-state index contributed by atoms with van der Waals surface area (Å²) in [4.78, 5) is 5.15. The Bertz CT molecular complexity index is 2450. The standard InChI is InChI=1S/C39H24N2S/c1-3-9-26(10-4-1)39-40-38-36(42-39)22-19-25-15-16-29-23-27(17-20-31(29)37(25)38)28-18-21-35-33(24-28)32-13-7-8-14-34(32)41(35)30-11-5-2-6-12-30/h1-24H. The van der Waals surface area contributed by atoms with Gasteiger partial charge in [-0.05, 0) is 69.8 Å². The van der Waals surface area contributed by atoms with Gasteiger partial charge in [0.15, 0.2) is 0 Å². The van der Waals surface area contributed by atoms with Gasteiger partial charge in [0.1, 0.15) is 5.01 Å². The van der Waals surface area contributed by atoms with E-state index in [1.165, 1.54) is 70.4 Å². The number of aromatic nitrogens is 2. The fourth-order valence-electron chi connectivity index (χ4n) is 6.43. The molecule has 0 saturated carbocycles. The minimum Gasteiger partial charge on any atom is -0.309 e. The van der Waals surface area contributed by atoms with Crippen LogP contribution in [0.5, 0.6) is 0 Å². The zero-order chi connectivity index (χ0) is 27.6. The summed E-state index contributed by atoms with van der Waals surface area (Å²) in [6, 6.07) is 52.5. The van der Waals surface area contributed by atoms with E-state index in [1.807, 2.05) is 0 Å². The minimum absolute atomic E-state index is 1.06. The number of rotatable bonds is 3. The first kappa shape index (κ1) is 23.5. The molecule has 2 nitrogen and oxygen atoms in total. The second-order valence-corrected chi connectivity index (χ2v) is 11.8. The van der Waals surface area contributed by atoms with Crippen molar-refractivity contribution in [3.05, 3.63) is 146 Å². The van der Waals surface area contributed by atoms with Gasteiger partial charge in [0.05, 0.1) is 21.3 Å². The third-order valence-corrected chi connectivity index (χ3v) is 9.47. The van der Waals surface area contributed by atoms with Crippen molar-refractivity contribution >= 4 is 64.9 Å². The number of nitrogens with zero attached hydrogens (tertiary/aromatic N) is 2. The van der Waals surface area contributed by atoms with Gasteiger partial charge in [0.2, 0.25) is 0 Å². The van der Waals surface area contributed by atoms with Gasteiger partial charge in [-0.25, -0.2) is 4.98 Å². The lowest BCUT2D eigenvalue weighted by Crippen LogP contribution is -1.92. The first-order valence-corrected chi connectivity index (χ1v) is 15.0. The number of hydrogen-bond acceptors (Lipinski definition) is 2. The maximum absolute atomic E-state index is 5.15. The summed E-state index contributed by atoms with van der Waals surface area (Å²) in [7, 11) is 0. The van der Waals surface area contributed by atoms with Crippen molar-refractivity contribution in [1.29, 1.82) is 0 Å². The van der Waals surface area contributed by atoms with Gasteiger partial charge in [0, 0.05) is 27.4 Å². The first-order chi connectivity index (χ1) is 20.8. The molecule has 0 bridgehead atoms. The molecule has 3 heteroatoms. The number of benzene rings is 7. The molecule has 0 spiro atoms. The van der Waals surface area contributed by atoms with Crippen molar-refractivity contribution in [3.8, 4) is 27.4 Å². The molecular weight excluding hydrogens is 529 g/mol. The molecule has 0 aliphatic rings. The predicted octanol–water partition coefficient (Wildman–Crippen LogP) is 11.0. The van der Waals surface area contributed by atoms with Crippen LogP contribution in [0.25, 0.3) is 81.0 Å². The SMILES string of the molecule is c1ccc(-c2nc3c(ccc4ccc5cc(-c6ccc7c(c6)c6ccccc6n7-c6ccccc6)ccc5c43)s2)cc1. The van der Waals surface area contributed by atoms with E-state index < -0.39 is 0 Å². The normalized spacial score (nSPS) is 11.8. The van der Waals surface area contributed by atoms with Crippen LogP contribution >= 0.6 is 11.3 Å². The summed E-state index contributed by atoms with van der Waals surface area (Å²) >= 11 is 1.76. The summed E-state index contributed by atoms with van der Waals surface area (Å²) in [5.41, 5.74) is 8.32. The molecule has 9 rings (SSSR count). The maximum atomic E-state index is 5.15. The summed E-state index contributed by atoms with van der Waals surface area (Å²) in [5, 5.41) is 8.53. The molecule has 9 aromatic rings. The molecule has 0 amide bonds. The molecule has 0 saturated heterocycles. The van der Waals surface area contributed by atoms with Crippen molar-refractivity contribution in [3.63, 3.8) is 0 Å². The van der Waals surface area contributed by atoms with Crippen LogP contribution < -0.4 is 0 Å². The van der Waals surface area contributed by atoms with E-state index in [0.717, 1.165) is 10.5 Å². The second kappa shape index (κ2) is 9.13. The highest BCUT2D eigenvalue weighted by atomic mass is 32.1. The van der Waals surface area contributed by atoms with E-state index in [-0.39, 0.29) is 0 Å². The molecule has 0 unspecified atom stereocenters. The monoisotopic (exact) mass is 552 g/mol. The van der Waals surface area contributed by atoms with E-state index >= 15 is 0 Å². The minimum atomic E-state index is 1.06. The first-order valence-electron chi connectivity index (χ1n) is 14.2. The Morgan fingerprint density at radius 2 is 1.17 bits per heavy atom. The predicted molar refractivity (Wildman–Crippen MR) is 180 cm³/mol. The Morgan fingerprint density at radius 3 is 2.05 bits per heavy atom. The number of fused-ring (bicyclic) bond motifs is 8. The van der Waals surface area contributed by atoms with Crippen LogP contribution in [-0.2, 0) is 0 Å². The average molecular weight is 553 g/mol. The van der Waals surface area contributed by atoms with Crippen LogP contribution in [0.4, 0.5) is 0 Å². The highest BCUT2D eigenvalue weighted by Gasteiger charge is 2.15. The van der Waals surface area contributed by atoms with Crippen LogP contribution in [-0.4, -0.2) is 9.55 Å². The lowest BCUT2D eigenvalue weighted by atomic mass is 9.96. The van der Waals surface area contributed by atoms with E-state index in [9.17, 15) is 0 Å². The highest BCUT2D eigenvalue weighted by Crippen LogP contribution is 2.39. The Balaban J connectivity index is 1.22. The third kappa shape index (κ3) is 3.54. The molecule has 0 aliphatic heterocycles. The molecule has 0 fully saturated rings. The van der Waals surface area contributed by atoms with Gasteiger partial charge < -0.3 is 4.57 Å². The Labute approximate surface area is 246 Å².